The zero-order chi connectivity index (χ0) is 15.6. The van der Waals surface area contributed by atoms with Crippen molar-refractivity contribution in [1.29, 1.82) is 0 Å². The molecule has 0 heterocycles. The summed E-state index contributed by atoms with van der Waals surface area (Å²) in [5, 5.41) is 9.18. The van der Waals surface area contributed by atoms with Gasteiger partial charge in [0.1, 0.15) is 0 Å². The van der Waals surface area contributed by atoms with Gasteiger partial charge >= 0.3 is 5.97 Å². The van der Waals surface area contributed by atoms with Crippen molar-refractivity contribution in [3.8, 4) is 0 Å². The molecule has 1 aromatic rings. The highest BCUT2D eigenvalue weighted by Gasteiger charge is 2.39. The monoisotopic (exact) mass is 311 g/mol. The first-order valence-corrected chi connectivity index (χ1v) is 8.76. The highest BCUT2D eigenvalue weighted by molar-refractivity contribution is 7.89. The fourth-order valence-corrected chi connectivity index (χ4v) is 3.92. The number of benzene rings is 1. The Bertz CT molecular complexity index is 639. The van der Waals surface area contributed by atoms with Gasteiger partial charge in [0, 0.05) is 6.04 Å². The summed E-state index contributed by atoms with van der Waals surface area (Å²) in [6.07, 6.45) is 3.47. The van der Waals surface area contributed by atoms with E-state index in [0.29, 0.717) is 17.9 Å². The summed E-state index contributed by atoms with van der Waals surface area (Å²) in [5.41, 5.74) is 0.693. The van der Waals surface area contributed by atoms with Gasteiger partial charge in [-0.05, 0) is 42.9 Å². The van der Waals surface area contributed by atoms with Gasteiger partial charge in [-0.15, -0.1) is 0 Å². The summed E-state index contributed by atoms with van der Waals surface area (Å²) in [6, 6.07) is 4.30. The Morgan fingerprint density at radius 2 is 2.10 bits per heavy atom. The van der Waals surface area contributed by atoms with Crippen LogP contribution in [-0.4, -0.2) is 25.5 Å². The summed E-state index contributed by atoms with van der Waals surface area (Å²) in [5.74, 6) is -0.683. The fourth-order valence-electron chi connectivity index (χ4n) is 2.58. The minimum atomic E-state index is -3.64. The Morgan fingerprint density at radius 1 is 1.38 bits per heavy atom. The molecular formula is C15H21NO4S. The molecule has 21 heavy (non-hydrogen) atoms. The molecule has 0 aliphatic heterocycles. The van der Waals surface area contributed by atoms with Gasteiger partial charge in [0.25, 0.3) is 0 Å². The molecule has 0 saturated heterocycles. The van der Waals surface area contributed by atoms with E-state index in [9.17, 15) is 18.3 Å². The molecule has 2 N–H and O–H groups in total. The van der Waals surface area contributed by atoms with Crippen LogP contribution in [0.2, 0.25) is 0 Å². The van der Waals surface area contributed by atoms with E-state index in [1.807, 2.05) is 6.92 Å². The first-order valence-electron chi connectivity index (χ1n) is 7.27. The maximum Gasteiger partial charge on any atom is 0.336 e. The second-order valence-electron chi connectivity index (χ2n) is 5.49. The minimum Gasteiger partial charge on any atom is -0.478 e. The fraction of sp³-hybridized carbons (Fsp3) is 0.533. The van der Waals surface area contributed by atoms with E-state index in [-0.39, 0.29) is 16.5 Å². The topological polar surface area (TPSA) is 83.5 Å². The molecule has 0 aromatic heterocycles. The lowest BCUT2D eigenvalue weighted by Gasteiger charge is -2.09. The van der Waals surface area contributed by atoms with E-state index in [1.54, 1.807) is 6.07 Å². The van der Waals surface area contributed by atoms with E-state index in [0.717, 1.165) is 19.3 Å². The average molecular weight is 311 g/mol. The quantitative estimate of drug-likeness (QED) is 0.810. The molecule has 2 unspecified atom stereocenters. The molecule has 2 rings (SSSR count). The third-order valence-electron chi connectivity index (χ3n) is 3.89. The predicted octanol–water partition coefficient (Wildman–Crippen LogP) is 2.41. The summed E-state index contributed by atoms with van der Waals surface area (Å²) in [4.78, 5) is 11.2. The molecule has 0 amide bonds. The number of aryl methyl sites for hydroxylation is 1. The SMILES string of the molecule is CCCC1CC1NS(=O)(=O)c1ccc(CC)c(C(=O)O)c1. The molecule has 0 bridgehead atoms. The number of carbonyl (C=O) groups is 1. The third kappa shape index (κ3) is 3.63. The van der Waals surface area contributed by atoms with Crippen LogP contribution >= 0.6 is 0 Å². The predicted molar refractivity (Wildman–Crippen MR) is 79.9 cm³/mol. The molecule has 0 radical (unpaired) electrons. The van der Waals surface area contributed by atoms with Gasteiger partial charge in [0.15, 0.2) is 0 Å². The lowest BCUT2D eigenvalue weighted by molar-refractivity contribution is 0.0695. The Morgan fingerprint density at radius 3 is 2.67 bits per heavy atom. The van der Waals surface area contributed by atoms with Crippen molar-refractivity contribution in [2.75, 3.05) is 0 Å². The number of hydrogen-bond donors (Lipinski definition) is 2. The highest BCUT2D eigenvalue weighted by Crippen LogP contribution is 2.35. The van der Waals surface area contributed by atoms with E-state index >= 15 is 0 Å². The van der Waals surface area contributed by atoms with Gasteiger partial charge in [0.05, 0.1) is 10.5 Å². The lowest BCUT2D eigenvalue weighted by Crippen LogP contribution is -2.27. The molecule has 2 atom stereocenters. The first-order chi connectivity index (χ1) is 9.89. The van der Waals surface area contributed by atoms with Crippen LogP contribution in [0.4, 0.5) is 0 Å². The summed E-state index contributed by atoms with van der Waals surface area (Å²) >= 11 is 0. The van der Waals surface area contributed by atoms with Crippen LogP contribution in [0, 0.1) is 5.92 Å². The molecule has 5 nitrogen and oxygen atoms in total. The van der Waals surface area contributed by atoms with Crippen LogP contribution in [0.1, 0.15) is 49.0 Å². The number of aromatic carboxylic acids is 1. The van der Waals surface area contributed by atoms with Crippen LogP contribution in [0.3, 0.4) is 0 Å². The van der Waals surface area contributed by atoms with Crippen LogP contribution in [0.15, 0.2) is 23.1 Å². The van der Waals surface area contributed by atoms with Crippen LogP contribution < -0.4 is 4.72 Å². The lowest BCUT2D eigenvalue weighted by atomic mass is 10.1. The van der Waals surface area contributed by atoms with Crippen molar-refractivity contribution in [2.45, 2.75) is 50.5 Å². The van der Waals surface area contributed by atoms with Crippen molar-refractivity contribution >= 4 is 16.0 Å². The highest BCUT2D eigenvalue weighted by atomic mass is 32.2. The molecule has 1 fully saturated rings. The second-order valence-corrected chi connectivity index (χ2v) is 7.20. The van der Waals surface area contributed by atoms with Gasteiger partial charge in [-0.2, -0.15) is 0 Å². The smallest absolute Gasteiger partial charge is 0.336 e. The third-order valence-corrected chi connectivity index (χ3v) is 5.38. The van der Waals surface area contributed by atoms with Crippen molar-refractivity contribution in [1.82, 2.24) is 4.72 Å². The zero-order valence-corrected chi connectivity index (χ0v) is 13.1. The Balaban J connectivity index is 2.21. The summed E-state index contributed by atoms with van der Waals surface area (Å²) in [6.45, 7) is 3.92. The van der Waals surface area contributed by atoms with E-state index in [4.69, 9.17) is 0 Å². The van der Waals surface area contributed by atoms with Crippen molar-refractivity contribution in [3.05, 3.63) is 29.3 Å². The molecule has 1 aromatic carbocycles. The maximum atomic E-state index is 12.3. The number of carboxylic acids is 1. The van der Waals surface area contributed by atoms with Crippen molar-refractivity contribution in [3.63, 3.8) is 0 Å². The van der Waals surface area contributed by atoms with Crippen molar-refractivity contribution < 1.29 is 18.3 Å². The van der Waals surface area contributed by atoms with E-state index in [1.165, 1.54) is 12.1 Å². The molecule has 1 aliphatic carbocycles. The van der Waals surface area contributed by atoms with Crippen LogP contribution in [0.5, 0.6) is 0 Å². The number of sulfonamides is 1. The number of hydrogen-bond acceptors (Lipinski definition) is 3. The zero-order valence-electron chi connectivity index (χ0n) is 12.3. The van der Waals surface area contributed by atoms with Crippen LogP contribution in [0.25, 0.3) is 0 Å². The molecular weight excluding hydrogens is 290 g/mol. The largest absolute Gasteiger partial charge is 0.478 e. The Hall–Kier alpha value is -1.40. The van der Waals surface area contributed by atoms with E-state index < -0.39 is 16.0 Å². The average Bonchev–Trinajstić information content (AvgIpc) is 3.15. The van der Waals surface area contributed by atoms with E-state index in [2.05, 4.69) is 11.6 Å². The Labute approximate surface area is 125 Å². The number of rotatable bonds is 7. The molecule has 1 aliphatic rings. The first kappa shape index (κ1) is 16.0. The Kier molecular flexibility index (Phi) is 4.68. The molecule has 0 spiro atoms. The summed E-state index contributed by atoms with van der Waals surface area (Å²) < 4.78 is 27.3. The van der Waals surface area contributed by atoms with Crippen molar-refractivity contribution in [2.24, 2.45) is 5.92 Å². The second kappa shape index (κ2) is 6.15. The minimum absolute atomic E-state index is 0.00548. The summed E-state index contributed by atoms with van der Waals surface area (Å²) in [7, 11) is -3.64. The molecule has 116 valence electrons. The number of nitrogens with one attached hydrogen (secondary N) is 1. The van der Waals surface area contributed by atoms with Gasteiger partial charge in [-0.25, -0.2) is 17.9 Å². The van der Waals surface area contributed by atoms with Gasteiger partial charge in [-0.1, -0.05) is 26.3 Å². The van der Waals surface area contributed by atoms with Gasteiger partial charge in [0.2, 0.25) is 10.0 Å². The van der Waals surface area contributed by atoms with Gasteiger partial charge < -0.3 is 5.11 Å². The standard InChI is InChI=1S/C15H21NO4S/c1-3-5-11-8-14(11)16-21(19,20)12-7-6-10(4-2)13(9-12)15(17)18/h6-7,9,11,14,16H,3-5,8H2,1-2H3,(H,17,18). The maximum absolute atomic E-state index is 12.3. The van der Waals surface area contributed by atoms with Gasteiger partial charge in [-0.3, -0.25) is 0 Å². The number of carboxylic acid groups (broad SMARTS) is 1. The normalized spacial score (nSPS) is 21.2. The molecule has 1 saturated carbocycles. The van der Waals surface area contributed by atoms with Crippen LogP contribution in [-0.2, 0) is 16.4 Å². The molecule has 6 heteroatoms.